The molecule has 0 aliphatic carbocycles. The molecule has 0 N–H and O–H groups in total. The van der Waals surface area contributed by atoms with Gasteiger partial charge in [-0.2, -0.15) is 4.52 Å². The van der Waals surface area contributed by atoms with Gasteiger partial charge in [0.25, 0.3) is 0 Å². The Morgan fingerprint density at radius 3 is 2.81 bits per heavy atom. The molecular weight excluding hydrogens is 428 g/mol. The molecule has 0 radical (unpaired) electrons. The van der Waals surface area contributed by atoms with Gasteiger partial charge < -0.3 is 9.64 Å². The third kappa shape index (κ3) is 3.69. The minimum Gasteiger partial charge on any atom is -0.378 e. The van der Waals surface area contributed by atoms with E-state index in [1.165, 1.54) is 20.4 Å². The number of aromatic nitrogens is 5. The normalized spacial score (nSPS) is 14.7. The Balaban J connectivity index is 1.69. The molecule has 1 aliphatic rings. The predicted octanol–water partition coefficient (Wildman–Crippen LogP) is 2.23. The molecule has 5 rings (SSSR count). The number of amides is 1. The van der Waals surface area contributed by atoms with E-state index in [0.29, 0.717) is 43.7 Å². The lowest BCUT2D eigenvalue weighted by atomic mass is 10.0. The Morgan fingerprint density at radius 1 is 1.28 bits per heavy atom. The number of nitrogens with zero attached hydrogens (tertiary/aromatic N) is 6. The van der Waals surface area contributed by atoms with Crippen molar-refractivity contribution in [2.45, 2.75) is 26.8 Å². The maximum Gasteiger partial charge on any atom is 0.352 e. The second kappa shape index (κ2) is 8.44. The van der Waals surface area contributed by atoms with Crippen LogP contribution in [0.4, 0.5) is 0 Å². The Morgan fingerprint density at radius 2 is 2.09 bits per heavy atom. The van der Waals surface area contributed by atoms with Crippen LogP contribution in [0, 0.1) is 5.92 Å². The van der Waals surface area contributed by atoms with Gasteiger partial charge >= 0.3 is 5.69 Å². The van der Waals surface area contributed by atoms with E-state index >= 15 is 0 Å². The molecule has 0 bridgehead atoms. The van der Waals surface area contributed by atoms with Gasteiger partial charge in [0, 0.05) is 31.0 Å². The van der Waals surface area contributed by atoms with Gasteiger partial charge in [-0.25, -0.2) is 9.78 Å². The lowest BCUT2D eigenvalue weighted by molar-refractivity contribution is -0.135. The summed E-state index contributed by atoms with van der Waals surface area (Å²) in [6, 6.07) is 3.67. The highest BCUT2D eigenvalue weighted by atomic mass is 32.1. The molecular formula is C22H24N6O3S. The van der Waals surface area contributed by atoms with E-state index in [0.717, 1.165) is 27.8 Å². The number of ether oxygens (including phenoxy) is 1. The highest BCUT2D eigenvalue weighted by Crippen LogP contribution is 2.31. The molecule has 9 nitrogen and oxygen atoms in total. The van der Waals surface area contributed by atoms with E-state index in [1.54, 1.807) is 17.3 Å². The van der Waals surface area contributed by atoms with Crippen molar-refractivity contribution >= 4 is 33.1 Å². The maximum atomic E-state index is 13.5. The molecule has 1 amide bonds. The minimum atomic E-state index is -0.366. The van der Waals surface area contributed by atoms with E-state index in [9.17, 15) is 9.59 Å². The van der Waals surface area contributed by atoms with Crippen molar-refractivity contribution < 1.29 is 9.53 Å². The molecule has 1 saturated heterocycles. The van der Waals surface area contributed by atoms with Crippen LogP contribution < -0.4 is 5.69 Å². The first-order valence-electron chi connectivity index (χ1n) is 10.7. The first kappa shape index (κ1) is 20.8. The fourth-order valence-electron chi connectivity index (χ4n) is 4.02. The van der Waals surface area contributed by atoms with Gasteiger partial charge in [0.1, 0.15) is 11.4 Å². The number of rotatable bonds is 5. The highest BCUT2D eigenvalue weighted by molar-refractivity contribution is 7.17. The van der Waals surface area contributed by atoms with Crippen LogP contribution in [0.25, 0.3) is 27.3 Å². The Labute approximate surface area is 188 Å². The van der Waals surface area contributed by atoms with Crippen molar-refractivity contribution in [3.8, 4) is 11.4 Å². The lowest BCUT2D eigenvalue weighted by Crippen LogP contribution is -2.44. The minimum absolute atomic E-state index is 0.0327. The maximum absolute atomic E-state index is 13.5. The summed E-state index contributed by atoms with van der Waals surface area (Å²) < 4.78 is 8.21. The van der Waals surface area contributed by atoms with Crippen LogP contribution in [0.1, 0.15) is 19.4 Å². The zero-order valence-corrected chi connectivity index (χ0v) is 18.8. The van der Waals surface area contributed by atoms with E-state index in [-0.39, 0.29) is 18.1 Å². The van der Waals surface area contributed by atoms with Crippen LogP contribution in [-0.4, -0.2) is 61.3 Å². The summed E-state index contributed by atoms with van der Waals surface area (Å²) in [5.41, 5.74) is 2.01. The number of carbonyl (C=O) groups is 1. The smallest absolute Gasteiger partial charge is 0.352 e. The highest BCUT2D eigenvalue weighted by Gasteiger charge is 2.24. The molecule has 32 heavy (non-hydrogen) atoms. The molecule has 0 aromatic carbocycles. The number of hydrogen-bond donors (Lipinski definition) is 0. The largest absolute Gasteiger partial charge is 0.378 e. The number of carbonyl (C=O) groups excluding carboxylic acids is 1. The molecule has 0 saturated carbocycles. The van der Waals surface area contributed by atoms with Gasteiger partial charge in [0.05, 0.1) is 18.6 Å². The third-order valence-corrected chi connectivity index (χ3v) is 6.59. The van der Waals surface area contributed by atoms with E-state index < -0.39 is 0 Å². The van der Waals surface area contributed by atoms with Crippen LogP contribution in [0.3, 0.4) is 0 Å². The Bertz CT molecular complexity index is 1330. The zero-order chi connectivity index (χ0) is 22.2. The number of hydrogen-bond acceptors (Lipinski definition) is 7. The van der Waals surface area contributed by atoms with Crippen molar-refractivity contribution in [3.63, 3.8) is 0 Å². The monoisotopic (exact) mass is 452 g/mol. The second-order valence-electron chi connectivity index (χ2n) is 8.31. The fraction of sp³-hybridized carbons (Fsp3) is 0.409. The molecule has 0 spiro atoms. The summed E-state index contributed by atoms with van der Waals surface area (Å²) in [5, 5.41) is 7.46. The average molecular weight is 453 g/mol. The van der Waals surface area contributed by atoms with Crippen molar-refractivity contribution in [2.24, 2.45) is 5.92 Å². The Hall–Kier alpha value is -3.11. The molecule has 5 heterocycles. The van der Waals surface area contributed by atoms with Crippen LogP contribution in [0.2, 0.25) is 0 Å². The molecule has 1 fully saturated rings. The summed E-state index contributed by atoms with van der Waals surface area (Å²) in [6.07, 6.45) is 4.21. The fourth-order valence-corrected chi connectivity index (χ4v) is 5.10. The van der Waals surface area contributed by atoms with Crippen LogP contribution in [0.5, 0.6) is 0 Å². The van der Waals surface area contributed by atoms with Crippen LogP contribution in [-0.2, 0) is 22.5 Å². The SMILES string of the molecule is CC(C)Cc1csc2c1c1nc(-c3cccnc3)nn1c(=O)n2CC(=O)N1CCOCC1. The molecule has 10 heteroatoms. The summed E-state index contributed by atoms with van der Waals surface area (Å²) >= 11 is 1.48. The summed E-state index contributed by atoms with van der Waals surface area (Å²) in [5.74, 6) is 0.779. The standard InChI is InChI=1S/C22H24N6O3S/c1-14(2)10-16-13-32-21-18(16)20-24-19(15-4-3-5-23-11-15)25-28(20)22(30)27(21)12-17(29)26-6-8-31-9-7-26/h3-5,11,13-14H,6-10,12H2,1-2H3. The Kier molecular flexibility index (Phi) is 5.48. The van der Waals surface area contributed by atoms with Gasteiger partial charge in [0.2, 0.25) is 5.91 Å². The molecule has 4 aromatic heterocycles. The predicted molar refractivity (Wildman–Crippen MR) is 122 cm³/mol. The number of morpholine rings is 1. The van der Waals surface area contributed by atoms with Gasteiger partial charge in [-0.3, -0.25) is 14.3 Å². The summed E-state index contributed by atoms with van der Waals surface area (Å²) in [7, 11) is 0. The van der Waals surface area contributed by atoms with Gasteiger partial charge in [-0.05, 0) is 35.4 Å². The lowest BCUT2D eigenvalue weighted by Gasteiger charge is -2.27. The van der Waals surface area contributed by atoms with E-state index in [1.807, 2.05) is 12.1 Å². The molecule has 166 valence electrons. The summed E-state index contributed by atoms with van der Waals surface area (Å²) in [4.78, 5) is 37.8. The first-order chi connectivity index (χ1) is 15.5. The van der Waals surface area contributed by atoms with Gasteiger partial charge in [-0.1, -0.05) is 13.8 Å². The van der Waals surface area contributed by atoms with Crippen LogP contribution >= 0.6 is 11.3 Å². The number of pyridine rings is 1. The van der Waals surface area contributed by atoms with Crippen LogP contribution in [0.15, 0.2) is 34.7 Å². The molecule has 1 aliphatic heterocycles. The topological polar surface area (TPSA) is 94.6 Å². The third-order valence-electron chi connectivity index (χ3n) is 5.54. The molecule has 4 aromatic rings. The van der Waals surface area contributed by atoms with E-state index in [4.69, 9.17) is 9.72 Å². The molecule has 0 unspecified atom stereocenters. The average Bonchev–Trinajstić information content (AvgIpc) is 3.42. The van der Waals surface area contributed by atoms with E-state index in [2.05, 4.69) is 29.3 Å². The first-order valence-corrected chi connectivity index (χ1v) is 11.6. The van der Waals surface area contributed by atoms with Crippen molar-refractivity contribution in [3.05, 3.63) is 46.0 Å². The van der Waals surface area contributed by atoms with Crippen molar-refractivity contribution in [1.29, 1.82) is 0 Å². The second-order valence-corrected chi connectivity index (χ2v) is 9.17. The van der Waals surface area contributed by atoms with Gasteiger partial charge in [0.15, 0.2) is 11.5 Å². The van der Waals surface area contributed by atoms with Gasteiger partial charge in [-0.15, -0.1) is 16.4 Å². The van der Waals surface area contributed by atoms with Crippen molar-refractivity contribution in [1.82, 2.24) is 29.0 Å². The zero-order valence-electron chi connectivity index (χ0n) is 18.0. The summed E-state index contributed by atoms with van der Waals surface area (Å²) in [6.45, 7) is 6.39. The number of fused-ring (bicyclic) bond motifs is 3. The number of thiophene rings is 1. The quantitative estimate of drug-likeness (QED) is 0.461. The van der Waals surface area contributed by atoms with Crippen molar-refractivity contribution in [2.75, 3.05) is 26.3 Å². The molecule has 0 atom stereocenters.